The number of carbonyl (C=O) groups excluding carboxylic acids is 3. The second-order valence-electron chi connectivity index (χ2n) is 10.3. The van der Waals surface area contributed by atoms with E-state index in [-0.39, 0.29) is 34.5 Å². The molecule has 3 N–H and O–H groups in total. The minimum atomic E-state index is -0.989. The molecule has 4 aromatic heterocycles. The molecule has 2 aliphatic rings. The lowest BCUT2D eigenvalue weighted by Crippen LogP contribution is -2.43. The summed E-state index contributed by atoms with van der Waals surface area (Å²) in [6.45, 7) is 5.67. The standard InChI is InChI=1S/C27H26Cl2N10O6/c1-4-30-23(40)19-18-20(45-27(2,3)44-18)24(43-19)38-12-35-17-21(38)33-11-34-22(17)39(25(41)36-15-7-5-13(28)9-31-15)26(42)37-16-8-6-14(29)10-32-16/h5-12,18-20,24H,4H2,1-3H3,(H,30,40)(H,31,36,41)(H,32,37,42)/t18-,19+,20-,24-/m1/s1. The maximum Gasteiger partial charge on any atom is 0.337 e. The molecule has 45 heavy (non-hydrogen) atoms. The van der Waals surface area contributed by atoms with Crippen LogP contribution in [0.4, 0.5) is 27.0 Å². The minimum absolute atomic E-state index is 0.0655. The van der Waals surface area contributed by atoms with Crippen LogP contribution in [-0.4, -0.2) is 78.1 Å². The van der Waals surface area contributed by atoms with Gasteiger partial charge in [0.25, 0.3) is 5.91 Å². The van der Waals surface area contributed by atoms with Gasteiger partial charge in [-0.05, 0) is 45.0 Å². The Morgan fingerprint density at radius 1 is 0.911 bits per heavy atom. The van der Waals surface area contributed by atoms with Crippen LogP contribution in [0, 0.1) is 0 Å². The summed E-state index contributed by atoms with van der Waals surface area (Å²) in [7, 11) is 0. The lowest BCUT2D eigenvalue weighted by Gasteiger charge is -2.24. The molecule has 6 heterocycles. The van der Waals surface area contributed by atoms with Crippen molar-refractivity contribution < 1.29 is 28.6 Å². The summed E-state index contributed by atoms with van der Waals surface area (Å²) in [5.74, 6) is -1.29. The van der Waals surface area contributed by atoms with Gasteiger partial charge < -0.3 is 19.5 Å². The third-order valence-electron chi connectivity index (χ3n) is 6.79. The van der Waals surface area contributed by atoms with Gasteiger partial charge in [-0.3, -0.25) is 20.0 Å². The number of carbonyl (C=O) groups is 3. The molecule has 0 saturated carbocycles. The molecule has 0 aromatic carbocycles. The van der Waals surface area contributed by atoms with E-state index in [0.29, 0.717) is 16.6 Å². The average Bonchev–Trinajstić information content (AvgIpc) is 3.66. The van der Waals surface area contributed by atoms with E-state index in [9.17, 15) is 14.4 Å². The van der Waals surface area contributed by atoms with Crippen molar-refractivity contribution in [2.24, 2.45) is 0 Å². The van der Waals surface area contributed by atoms with Gasteiger partial charge in [0.1, 0.15) is 30.2 Å². The Bertz CT molecular complexity index is 1690. The quantitative estimate of drug-likeness (QED) is 0.274. The Kier molecular flexibility index (Phi) is 8.23. The topological polar surface area (TPSA) is 188 Å². The molecule has 2 saturated heterocycles. The Hall–Kier alpha value is -4.48. The zero-order valence-corrected chi connectivity index (χ0v) is 25.5. The number of amides is 5. The number of anilines is 3. The van der Waals surface area contributed by atoms with Crippen molar-refractivity contribution in [2.75, 3.05) is 22.1 Å². The van der Waals surface area contributed by atoms with Crippen LogP contribution in [0.3, 0.4) is 0 Å². The third kappa shape index (κ3) is 6.10. The van der Waals surface area contributed by atoms with Crippen LogP contribution in [0.15, 0.2) is 49.3 Å². The maximum atomic E-state index is 13.6. The number of hydrogen-bond acceptors (Lipinski definition) is 11. The smallest absolute Gasteiger partial charge is 0.337 e. The van der Waals surface area contributed by atoms with Crippen LogP contribution in [0.5, 0.6) is 0 Å². The van der Waals surface area contributed by atoms with Crippen molar-refractivity contribution in [3.8, 4) is 0 Å². The molecule has 2 aliphatic heterocycles. The molecular formula is C27H26Cl2N10O6. The molecule has 0 aliphatic carbocycles. The van der Waals surface area contributed by atoms with Crippen molar-refractivity contribution in [1.29, 1.82) is 0 Å². The molecule has 18 heteroatoms. The molecule has 4 aromatic rings. The fraction of sp³-hybridized carbons (Fsp3) is 0.333. The van der Waals surface area contributed by atoms with Gasteiger partial charge in [-0.15, -0.1) is 0 Å². The normalized spacial score (nSPS) is 21.7. The second kappa shape index (κ2) is 12.1. The van der Waals surface area contributed by atoms with E-state index in [1.165, 1.54) is 47.6 Å². The fourth-order valence-electron chi connectivity index (χ4n) is 4.99. The highest BCUT2D eigenvalue weighted by Crippen LogP contribution is 2.44. The van der Waals surface area contributed by atoms with Crippen LogP contribution >= 0.6 is 23.2 Å². The number of halogens is 2. The van der Waals surface area contributed by atoms with Gasteiger partial charge in [0.2, 0.25) is 0 Å². The van der Waals surface area contributed by atoms with Crippen molar-refractivity contribution >= 4 is 69.8 Å². The highest BCUT2D eigenvalue weighted by molar-refractivity contribution is 6.31. The first-order valence-corrected chi connectivity index (χ1v) is 14.4. The van der Waals surface area contributed by atoms with Gasteiger partial charge in [-0.1, -0.05) is 23.2 Å². The Morgan fingerprint density at radius 2 is 1.53 bits per heavy atom. The molecule has 16 nitrogen and oxygen atoms in total. The van der Waals surface area contributed by atoms with E-state index in [2.05, 4.69) is 40.9 Å². The Morgan fingerprint density at radius 3 is 2.11 bits per heavy atom. The SMILES string of the molecule is CCNC(=O)[C@H]1O[C@@H](n2cnc3c(N(C(=O)Nc4ccc(Cl)cn4)C(=O)Nc4ccc(Cl)cn4)ncnc32)[C@@H]2OC(C)(C)O[C@@H]21. The third-order valence-corrected chi connectivity index (χ3v) is 7.24. The van der Waals surface area contributed by atoms with E-state index in [4.69, 9.17) is 37.4 Å². The molecule has 0 unspecified atom stereocenters. The predicted octanol–water partition coefficient (Wildman–Crippen LogP) is 3.75. The summed E-state index contributed by atoms with van der Waals surface area (Å²) in [6, 6.07) is 4.13. The fourth-order valence-corrected chi connectivity index (χ4v) is 5.21. The monoisotopic (exact) mass is 656 g/mol. The minimum Gasteiger partial charge on any atom is -0.354 e. The molecule has 0 radical (unpaired) electrons. The van der Waals surface area contributed by atoms with Gasteiger partial charge in [0.05, 0.1) is 16.4 Å². The van der Waals surface area contributed by atoms with E-state index in [0.717, 1.165) is 11.2 Å². The van der Waals surface area contributed by atoms with E-state index >= 15 is 0 Å². The van der Waals surface area contributed by atoms with Crippen molar-refractivity contribution in [3.05, 3.63) is 59.4 Å². The van der Waals surface area contributed by atoms with Crippen LogP contribution in [0.2, 0.25) is 10.0 Å². The van der Waals surface area contributed by atoms with Crippen molar-refractivity contribution in [1.82, 2.24) is 34.8 Å². The van der Waals surface area contributed by atoms with Crippen LogP contribution in [0.1, 0.15) is 27.0 Å². The largest absolute Gasteiger partial charge is 0.354 e. The number of likely N-dealkylation sites (N-methyl/N-ethyl adjacent to an activating group) is 1. The Labute approximate surface area is 265 Å². The first-order valence-electron chi connectivity index (χ1n) is 13.7. The average molecular weight is 657 g/mol. The number of imidazole rings is 1. The number of imide groups is 1. The summed E-state index contributed by atoms with van der Waals surface area (Å²) in [4.78, 5) is 62.0. The number of ether oxygens (including phenoxy) is 3. The van der Waals surface area contributed by atoms with Crippen molar-refractivity contribution in [3.63, 3.8) is 0 Å². The van der Waals surface area contributed by atoms with E-state index < -0.39 is 42.4 Å². The molecule has 2 fully saturated rings. The number of aromatic nitrogens is 6. The number of fused-ring (bicyclic) bond motifs is 2. The van der Waals surface area contributed by atoms with Crippen LogP contribution < -0.4 is 20.9 Å². The number of pyridine rings is 2. The van der Waals surface area contributed by atoms with E-state index in [1.54, 1.807) is 20.8 Å². The number of nitrogens with zero attached hydrogens (tertiary/aromatic N) is 7. The lowest BCUT2D eigenvalue weighted by atomic mass is 10.1. The maximum absolute atomic E-state index is 13.6. The predicted molar refractivity (Wildman–Crippen MR) is 161 cm³/mol. The number of hydrogen-bond donors (Lipinski definition) is 3. The second-order valence-corrected chi connectivity index (χ2v) is 11.2. The lowest BCUT2D eigenvalue weighted by molar-refractivity contribution is -0.197. The molecule has 5 amide bonds. The summed E-state index contributed by atoms with van der Waals surface area (Å²) in [5.41, 5.74) is 0.254. The molecule has 4 atom stereocenters. The first-order chi connectivity index (χ1) is 21.5. The number of rotatable bonds is 6. The molecule has 0 bridgehead atoms. The van der Waals surface area contributed by atoms with Gasteiger partial charge in [0.15, 0.2) is 35.1 Å². The van der Waals surface area contributed by atoms with Gasteiger partial charge in [0, 0.05) is 18.9 Å². The summed E-state index contributed by atoms with van der Waals surface area (Å²) in [5, 5.41) is 8.57. The molecule has 234 valence electrons. The summed E-state index contributed by atoms with van der Waals surface area (Å²) >= 11 is 11.9. The summed E-state index contributed by atoms with van der Waals surface area (Å²) in [6.07, 6.45) is 1.92. The van der Waals surface area contributed by atoms with E-state index in [1.807, 2.05) is 0 Å². The number of urea groups is 2. The zero-order valence-electron chi connectivity index (χ0n) is 24.0. The van der Waals surface area contributed by atoms with Gasteiger partial charge >= 0.3 is 12.1 Å². The zero-order chi connectivity index (χ0) is 31.9. The highest BCUT2D eigenvalue weighted by atomic mass is 35.5. The first kappa shape index (κ1) is 30.5. The van der Waals surface area contributed by atoms with Crippen LogP contribution in [-0.2, 0) is 19.0 Å². The molecule has 0 spiro atoms. The van der Waals surface area contributed by atoms with Gasteiger partial charge in [-0.25, -0.2) is 34.5 Å². The summed E-state index contributed by atoms with van der Waals surface area (Å²) < 4.78 is 19.8. The Balaban J connectivity index is 1.38. The van der Waals surface area contributed by atoms with Gasteiger partial charge in [-0.2, -0.15) is 4.90 Å². The number of nitrogens with one attached hydrogen (secondary N) is 3. The van der Waals surface area contributed by atoms with Crippen molar-refractivity contribution in [2.45, 2.75) is 51.1 Å². The molecule has 6 rings (SSSR count). The molecular weight excluding hydrogens is 631 g/mol. The van der Waals surface area contributed by atoms with Crippen LogP contribution in [0.25, 0.3) is 11.2 Å². The highest BCUT2D eigenvalue weighted by Gasteiger charge is 2.58.